The molecular formula is C12H16N2O. The highest BCUT2D eigenvalue weighted by molar-refractivity contribution is 5.54. The molecule has 15 heavy (non-hydrogen) atoms. The van der Waals surface area contributed by atoms with E-state index < -0.39 is 0 Å². The van der Waals surface area contributed by atoms with Crippen LogP contribution in [0.2, 0.25) is 0 Å². The average molecular weight is 204 g/mol. The van der Waals surface area contributed by atoms with Crippen molar-refractivity contribution in [3.05, 3.63) is 43.1 Å². The summed E-state index contributed by atoms with van der Waals surface area (Å²) in [5.41, 5.74) is 1.76. The molecule has 0 atom stereocenters. The third-order valence-electron chi connectivity index (χ3n) is 1.71. The molecule has 0 N–H and O–H groups in total. The minimum absolute atomic E-state index is 0.613. The van der Waals surface area contributed by atoms with Gasteiger partial charge in [0.2, 0.25) is 5.88 Å². The van der Waals surface area contributed by atoms with Gasteiger partial charge in [0.1, 0.15) is 0 Å². The van der Waals surface area contributed by atoms with Crippen LogP contribution in [0.4, 0.5) is 0 Å². The Kier molecular flexibility index (Phi) is 3.92. The lowest BCUT2D eigenvalue weighted by molar-refractivity contribution is 0.325. The third kappa shape index (κ3) is 3.46. The standard InChI is InChI=1S/C12H16N2O/c1-5-15-12-8-9-14(13-12)11(4)7-6-10(2)3/h6-9H,2,4-5H2,1,3H3/b7-6-. The van der Waals surface area contributed by atoms with E-state index in [4.69, 9.17) is 4.74 Å². The van der Waals surface area contributed by atoms with Crippen LogP contribution in [-0.4, -0.2) is 16.4 Å². The van der Waals surface area contributed by atoms with E-state index in [9.17, 15) is 0 Å². The molecule has 0 unspecified atom stereocenters. The lowest BCUT2D eigenvalue weighted by Gasteiger charge is -1.99. The summed E-state index contributed by atoms with van der Waals surface area (Å²) in [4.78, 5) is 0. The zero-order valence-electron chi connectivity index (χ0n) is 9.23. The summed E-state index contributed by atoms with van der Waals surface area (Å²) < 4.78 is 6.92. The van der Waals surface area contributed by atoms with Crippen LogP contribution in [0.1, 0.15) is 13.8 Å². The van der Waals surface area contributed by atoms with Gasteiger partial charge in [-0.25, -0.2) is 4.68 Å². The first-order valence-electron chi connectivity index (χ1n) is 4.85. The highest BCUT2D eigenvalue weighted by Gasteiger charge is 1.99. The Morgan fingerprint density at radius 2 is 2.27 bits per heavy atom. The second kappa shape index (κ2) is 5.20. The van der Waals surface area contributed by atoms with Crippen LogP contribution < -0.4 is 4.74 Å². The number of rotatable bonds is 5. The normalized spacial score (nSPS) is 10.5. The molecule has 80 valence electrons. The van der Waals surface area contributed by atoms with E-state index in [-0.39, 0.29) is 0 Å². The van der Waals surface area contributed by atoms with Crippen molar-refractivity contribution in [2.24, 2.45) is 0 Å². The van der Waals surface area contributed by atoms with Crippen molar-refractivity contribution in [3.8, 4) is 5.88 Å². The summed E-state index contributed by atoms with van der Waals surface area (Å²) in [6.07, 6.45) is 5.57. The van der Waals surface area contributed by atoms with Gasteiger partial charge < -0.3 is 4.74 Å². The maximum absolute atomic E-state index is 5.25. The Balaban J connectivity index is 2.70. The predicted octanol–water partition coefficient (Wildman–Crippen LogP) is 2.88. The molecule has 0 aliphatic carbocycles. The van der Waals surface area contributed by atoms with Crippen LogP contribution in [0.3, 0.4) is 0 Å². The summed E-state index contributed by atoms with van der Waals surface area (Å²) >= 11 is 0. The van der Waals surface area contributed by atoms with Gasteiger partial charge in [0.15, 0.2) is 0 Å². The molecule has 0 bridgehead atoms. The fourth-order valence-corrected chi connectivity index (χ4v) is 1.01. The molecule has 0 fully saturated rings. The molecule has 3 heteroatoms. The minimum atomic E-state index is 0.613. The summed E-state index contributed by atoms with van der Waals surface area (Å²) in [7, 11) is 0. The van der Waals surface area contributed by atoms with E-state index in [2.05, 4.69) is 18.3 Å². The van der Waals surface area contributed by atoms with Gasteiger partial charge in [-0.3, -0.25) is 0 Å². The van der Waals surface area contributed by atoms with Crippen molar-refractivity contribution in [2.75, 3.05) is 6.61 Å². The van der Waals surface area contributed by atoms with E-state index >= 15 is 0 Å². The number of hydrogen-bond donors (Lipinski definition) is 0. The monoisotopic (exact) mass is 204 g/mol. The van der Waals surface area contributed by atoms with Gasteiger partial charge in [0.25, 0.3) is 0 Å². The Hall–Kier alpha value is -1.77. The second-order valence-electron chi connectivity index (χ2n) is 3.20. The number of nitrogens with zero attached hydrogens (tertiary/aromatic N) is 2. The summed E-state index contributed by atoms with van der Waals surface area (Å²) in [6.45, 7) is 12.1. The van der Waals surface area contributed by atoms with Crippen molar-refractivity contribution in [3.63, 3.8) is 0 Å². The molecular weight excluding hydrogens is 188 g/mol. The van der Waals surface area contributed by atoms with Gasteiger partial charge in [-0.05, 0) is 19.9 Å². The van der Waals surface area contributed by atoms with Crippen molar-refractivity contribution < 1.29 is 4.74 Å². The zero-order valence-corrected chi connectivity index (χ0v) is 9.23. The molecule has 1 aromatic heterocycles. The number of ether oxygens (including phenoxy) is 1. The SMILES string of the molecule is C=C(C)/C=C\C(=C)n1ccc(OCC)n1. The maximum Gasteiger partial charge on any atom is 0.233 e. The molecule has 0 spiro atoms. The first-order chi connectivity index (χ1) is 7.13. The number of aromatic nitrogens is 2. The van der Waals surface area contributed by atoms with Gasteiger partial charge in [0.05, 0.1) is 12.3 Å². The second-order valence-corrected chi connectivity index (χ2v) is 3.20. The Bertz CT molecular complexity index is 388. The molecule has 0 saturated carbocycles. The summed E-state index contributed by atoms with van der Waals surface area (Å²) in [5.74, 6) is 0.613. The van der Waals surface area contributed by atoms with E-state index in [1.165, 1.54) is 0 Å². The predicted molar refractivity (Wildman–Crippen MR) is 62.7 cm³/mol. The molecule has 0 amide bonds. The van der Waals surface area contributed by atoms with Crippen molar-refractivity contribution in [2.45, 2.75) is 13.8 Å². The van der Waals surface area contributed by atoms with E-state index in [0.29, 0.717) is 12.5 Å². The number of hydrogen-bond acceptors (Lipinski definition) is 2. The molecule has 0 aromatic carbocycles. The van der Waals surface area contributed by atoms with Crippen LogP contribution >= 0.6 is 0 Å². The van der Waals surface area contributed by atoms with E-state index in [0.717, 1.165) is 11.3 Å². The summed E-state index contributed by atoms with van der Waals surface area (Å²) in [5, 5.41) is 4.19. The van der Waals surface area contributed by atoms with Crippen LogP contribution in [-0.2, 0) is 0 Å². The van der Waals surface area contributed by atoms with E-state index in [1.807, 2.05) is 38.3 Å². The highest BCUT2D eigenvalue weighted by Crippen LogP contribution is 2.10. The van der Waals surface area contributed by atoms with Gasteiger partial charge in [-0.1, -0.05) is 24.8 Å². The van der Waals surface area contributed by atoms with Crippen LogP contribution in [0.15, 0.2) is 43.1 Å². The van der Waals surface area contributed by atoms with Crippen molar-refractivity contribution >= 4 is 5.70 Å². The molecule has 0 aliphatic rings. The topological polar surface area (TPSA) is 27.1 Å². The van der Waals surface area contributed by atoms with E-state index in [1.54, 1.807) is 4.68 Å². The van der Waals surface area contributed by atoms with Crippen molar-refractivity contribution in [1.82, 2.24) is 9.78 Å². The molecule has 3 nitrogen and oxygen atoms in total. The van der Waals surface area contributed by atoms with Crippen LogP contribution in [0.5, 0.6) is 5.88 Å². The zero-order chi connectivity index (χ0) is 11.3. The molecule has 0 aliphatic heterocycles. The van der Waals surface area contributed by atoms with Crippen molar-refractivity contribution in [1.29, 1.82) is 0 Å². The largest absolute Gasteiger partial charge is 0.477 e. The lowest BCUT2D eigenvalue weighted by Crippen LogP contribution is -1.96. The molecule has 0 radical (unpaired) electrons. The molecule has 1 aromatic rings. The third-order valence-corrected chi connectivity index (χ3v) is 1.71. The fraction of sp³-hybridized carbons (Fsp3) is 0.250. The quantitative estimate of drug-likeness (QED) is 0.689. The highest BCUT2D eigenvalue weighted by atomic mass is 16.5. The maximum atomic E-state index is 5.25. The smallest absolute Gasteiger partial charge is 0.233 e. The minimum Gasteiger partial charge on any atom is -0.477 e. The molecule has 1 heterocycles. The Labute approximate surface area is 90.4 Å². The molecule has 0 saturated heterocycles. The van der Waals surface area contributed by atoms with Gasteiger partial charge in [-0.2, -0.15) is 0 Å². The van der Waals surface area contributed by atoms with Crippen LogP contribution in [0, 0.1) is 0 Å². The Morgan fingerprint density at radius 1 is 1.53 bits per heavy atom. The van der Waals surface area contributed by atoms with Gasteiger partial charge in [-0.15, -0.1) is 5.10 Å². The lowest BCUT2D eigenvalue weighted by atomic mass is 10.3. The van der Waals surface area contributed by atoms with Crippen LogP contribution in [0.25, 0.3) is 5.70 Å². The first-order valence-corrected chi connectivity index (χ1v) is 4.85. The number of allylic oxidation sites excluding steroid dienone is 4. The molecule has 1 rings (SSSR count). The Morgan fingerprint density at radius 3 is 2.87 bits per heavy atom. The van der Waals surface area contributed by atoms with Gasteiger partial charge >= 0.3 is 0 Å². The first kappa shape index (κ1) is 11.3. The summed E-state index contributed by atoms with van der Waals surface area (Å²) in [6, 6.07) is 1.81. The average Bonchev–Trinajstić information content (AvgIpc) is 2.63. The fourth-order valence-electron chi connectivity index (χ4n) is 1.01. The van der Waals surface area contributed by atoms with Gasteiger partial charge in [0, 0.05) is 12.3 Å².